The molecule has 0 aliphatic heterocycles. The molecule has 2 aromatic rings. The fraction of sp³-hybridized carbons (Fsp3) is 0.333. The Hall–Kier alpha value is -2.60. The van der Waals surface area contributed by atoms with Crippen LogP contribution in [-0.2, 0) is 4.79 Å². The molecule has 0 radical (unpaired) electrons. The van der Waals surface area contributed by atoms with Gasteiger partial charge in [-0.3, -0.25) is 10.1 Å². The van der Waals surface area contributed by atoms with Crippen LogP contribution in [0.3, 0.4) is 0 Å². The van der Waals surface area contributed by atoms with E-state index in [1.54, 1.807) is 6.26 Å². The van der Waals surface area contributed by atoms with Crippen molar-refractivity contribution >= 4 is 11.9 Å². The van der Waals surface area contributed by atoms with Gasteiger partial charge in [0.25, 0.3) is 5.91 Å². The van der Waals surface area contributed by atoms with E-state index in [0.29, 0.717) is 0 Å². The van der Waals surface area contributed by atoms with Crippen LogP contribution in [0.2, 0.25) is 0 Å². The van der Waals surface area contributed by atoms with Crippen LogP contribution in [0.4, 0.5) is 4.79 Å². The molecule has 128 valence electrons. The Balaban J connectivity index is 1.96. The summed E-state index contributed by atoms with van der Waals surface area (Å²) < 4.78 is 5.49. The molecule has 6 heteroatoms. The molecule has 4 N–H and O–H groups in total. The number of carbonyl (C=O) groups is 2. The maximum Gasteiger partial charge on any atom is 0.322 e. The van der Waals surface area contributed by atoms with Crippen molar-refractivity contribution in [3.05, 3.63) is 60.1 Å². The van der Waals surface area contributed by atoms with E-state index in [1.807, 2.05) is 68.6 Å². The average molecular weight is 330 g/mol. The van der Waals surface area contributed by atoms with Gasteiger partial charge in [-0.15, -0.1) is 0 Å². The second kappa shape index (κ2) is 7.79. The number of quaternary nitrogens is 1. The molecular formula is C18H24N3O3+. The van der Waals surface area contributed by atoms with Crippen LogP contribution in [0.25, 0.3) is 0 Å². The lowest BCUT2D eigenvalue weighted by Crippen LogP contribution is -2.88. The van der Waals surface area contributed by atoms with Gasteiger partial charge in [-0.05, 0) is 32.9 Å². The number of urea groups is 1. The van der Waals surface area contributed by atoms with Gasteiger partial charge in [-0.1, -0.05) is 30.3 Å². The normalized spacial score (nSPS) is 12.5. The van der Waals surface area contributed by atoms with E-state index in [2.05, 4.69) is 10.6 Å². The number of rotatable bonds is 5. The number of hydrogen-bond donors (Lipinski definition) is 3. The third-order valence-corrected chi connectivity index (χ3v) is 3.29. The molecule has 0 bridgehead atoms. The molecule has 1 heterocycles. The monoisotopic (exact) mass is 330 g/mol. The molecular weight excluding hydrogens is 306 g/mol. The Kier molecular flexibility index (Phi) is 5.76. The number of benzene rings is 1. The number of furan rings is 1. The first-order valence-corrected chi connectivity index (χ1v) is 7.89. The van der Waals surface area contributed by atoms with Crippen molar-refractivity contribution < 1.29 is 19.3 Å². The van der Waals surface area contributed by atoms with Crippen LogP contribution in [0, 0.1) is 0 Å². The molecule has 0 saturated carbocycles. The van der Waals surface area contributed by atoms with Crippen LogP contribution in [0.15, 0.2) is 53.1 Å². The molecule has 6 nitrogen and oxygen atoms in total. The minimum absolute atomic E-state index is 0.109. The van der Waals surface area contributed by atoms with Gasteiger partial charge in [0.15, 0.2) is 18.3 Å². The van der Waals surface area contributed by atoms with Gasteiger partial charge >= 0.3 is 6.03 Å². The molecule has 0 unspecified atom stereocenters. The second-order valence-electron chi connectivity index (χ2n) is 6.60. The molecule has 3 amide bonds. The van der Waals surface area contributed by atoms with Crippen molar-refractivity contribution in [2.75, 3.05) is 6.54 Å². The lowest BCUT2D eigenvalue weighted by molar-refractivity contribution is -0.678. The third kappa shape index (κ3) is 5.55. The third-order valence-electron chi connectivity index (χ3n) is 3.29. The highest BCUT2D eigenvalue weighted by Gasteiger charge is 2.22. The topological polar surface area (TPSA) is 88.0 Å². The second-order valence-corrected chi connectivity index (χ2v) is 6.60. The van der Waals surface area contributed by atoms with Gasteiger partial charge in [0.2, 0.25) is 0 Å². The van der Waals surface area contributed by atoms with Crippen LogP contribution < -0.4 is 16.0 Å². The Labute approximate surface area is 141 Å². The summed E-state index contributed by atoms with van der Waals surface area (Å²) in [6.45, 7) is 5.67. The number of nitrogens with two attached hydrogens (primary N) is 1. The first kappa shape index (κ1) is 17.7. The van der Waals surface area contributed by atoms with Gasteiger partial charge in [-0.25, -0.2) is 4.79 Å². The van der Waals surface area contributed by atoms with Crippen LogP contribution >= 0.6 is 0 Å². The molecule has 0 spiro atoms. The standard InChI is InChI=1S/C18H23N3O3/c1-18(2,3)21-17(23)20-15(22)12-19-16(14-10-7-11-24-14)13-8-5-4-6-9-13/h4-11,16,19H,12H2,1-3H3,(H2,20,21,22,23)/p+1/t16-/m1/s1. The van der Waals surface area contributed by atoms with E-state index >= 15 is 0 Å². The van der Waals surface area contributed by atoms with Crippen LogP contribution in [0.5, 0.6) is 0 Å². The molecule has 1 atom stereocenters. The number of carbonyl (C=O) groups excluding carboxylic acids is 2. The summed E-state index contributed by atoms with van der Waals surface area (Å²) in [6, 6.07) is 12.8. The Morgan fingerprint density at radius 2 is 1.83 bits per heavy atom. The summed E-state index contributed by atoms with van der Waals surface area (Å²) in [5.41, 5.74) is 0.633. The zero-order valence-electron chi connectivity index (χ0n) is 14.2. The average Bonchev–Trinajstić information content (AvgIpc) is 3.00. The predicted octanol–water partition coefficient (Wildman–Crippen LogP) is 1.56. The highest BCUT2D eigenvalue weighted by atomic mass is 16.3. The Morgan fingerprint density at radius 3 is 2.42 bits per heavy atom. The Bertz CT molecular complexity index is 661. The van der Waals surface area contributed by atoms with Gasteiger partial charge < -0.3 is 15.1 Å². The van der Waals surface area contributed by atoms with Crippen molar-refractivity contribution in [2.45, 2.75) is 32.4 Å². The highest BCUT2D eigenvalue weighted by molar-refractivity contribution is 5.94. The summed E-state index contributed by atoms with van der Waals surface area (Å²) in [7, 11) is 0. The lowest BCUT2D eigenvalue weighted by atomic mass is 10.0. The zero-order valence-corrected chi connectivity index (χ0v) is 14.2. The molecule has 1 aromatic heterocycles. The number of hydrogen-bond acceptors (Lipinski definition) is 3. The minimum Gasteiger partial charge on any atom is -0.463 e. The zero-order chi connectivity index (χ0) is 17.6. The molecule has 1 aromatic carbocycles. The van der Waals surface area contributed by atoms with E-state index in [9.17, 15) is 9.59 Å². The van der Waals surface area contributed by atoms with Crippen molar-refractivity contribution in [2.24, 2.45) is 0 Å². The quantitative estimate of drug-likeness (QED) is 0.777. The van der Waals surface area contributed by atoms with Gasteiger partial charge in [-0.2, -0.15) is 0 Å². The van der Waals surface area contributed by atoms with Crippen molar-refractivity contribution in [3.63, 3.8) is 0 Å². The van der Waals surface area contributed by atoms with Crippen LogP contribution in [0.1, 0.15) is 38.1 Å². The van der Waals surface area contributed by atoms with E-state index < -0.39 is 11.6 Å². The number of nitrogens with one attached hydrogen (secondary N) is 2. The minimum atomic E-state index is -0.491. The van der Waals surface area contributed by atoms with Crippen molar-refractivity contribution in [1.82, 2.24) is 10.6 Å². The van der Waals surface area contributed by atoms with Gasteiger partial charge in [0.1, 0.15) is 0 Å². The Morgan fingerprint density at radius 1 is 1.12 bits per heavy atom. The maximum absolute atomic E-state index is 12.0. The summed E-state index contributed by atoms with van der Waals surface area (Å²) in [4.78, 5) is 23.7. The van der Waals surface area contributed by atoms with Gasteiger partial charge in [0, 0.05) is 11.1 Å². The first-order chi connectivity index (χ1) is 11.3. The lowest BCUT2D eigenvalue weighted by Gasteiger charge is -2.20. The van der Waals surface area contributed by atoms with E-state index in [4.69, 9.17) is 4.42 Å². The molecule has 0 aliphatic rings. The number of amides is 3. The maximum atomic E-state index is 12.0. The molecule has 2 rings (SSSR count). The molecule has 0 saturated heterocycles. The first-order valence-electron chi connectivity index (χ1n) is 7.89. The van der Waals surface area contributed by atoms with Gasteiger partial charge in [0.05, 0.1) is 6.26 Å². The van der Waals surface area contributed by atoms with Crippen molar-refractivity contribution in [3.8, 4) is 0 Å². The molecule has 24 heavy (non-hydrogen) atoms. The fourth-order valence-electron chi connectivity index (χ4n) is 2.32. The molecule has 0 fully saturated rings. The predicted molar refractivity (Wildman–Crippen MR) is 90.2 cm³/mol. The smallest absolute Gasteiger partial charge is 0.322 e. The summed E-state index contributed by atoms with van der Waals surface area (Å²) in [5, 5.41) is 6.87. The summed E-state index contributed by atoms with van der Waals surface area (Å²) in [6.07, 6.45) is 1.61. The van der Waals surface area contributed by atoms with E-state index in [-0.39, 0.29) is 18.5 Å². The van der Waals surface area contributed by atoms with E-state index in [1.165, 1.54) is 0 Å². The summed E-state index contributed by atoms with van der Waals surface area (Å²) >= 11 is 0. The SMILES string of the molecule is CC(C)(C)NC(=O)NC(=O)C[NH2+][C@H](c1ccccc1)c1ccco1. The highest BCUT2D eigenvalue weighted by Crippen LogP contribution is 2.18. The van der Waals surface area contributed by atoms with Crippen molar-refractivity contribution in [1.29, 1.82) is 0 Å². The van der Waals surface area contributed by atoms with Crippen LogP contribution in [-0.4, -0.2) is 24.0 Å². The summed E-state index contributed by atoms with van der Waals surface area (Å²) in [5.74, 6) is 0.400. The molecule has 0 aliphatic carbocycles. The largest absolute Gasteiger partial charge is 0.463 e. The van der Waals surface area contributed by atoms with E-state index in [0.717, 1.165) is 11.3 Å². The number of imide groups is 1. The fourth-order valence-corrected chi connectivity index (χ4v) is 2.32.